The molecule has 0 saturated heterocycles. The summed E-state index contributed by atoms with van der Waals surface area (Å²) < 4.78 is 5.28. The van der Waals surface area contributed by atoms with E-state index >= 15 is 0 Å². The van der Waals surface area contributed by atoms with E-state index < -0.39 is 16.5 Å². The first-order valence-corrected chi connectivity index (χ1v) is 8.28. The van der Waals surface area contributed by atoms with E-state index in [-0.39, 0.29) is 16.9 Å². The van der Waals surface area contributed by atoms with Gasteiger partial charge in [-0.15, -0.1) is 0 Å². The summed E-state index contributed by atoms with van der Waals surface area (Å²) in [4.78, 5) is 35.5. The predicted molar refractivity (Wildman–Crippen MR) is 102 cm³/mol. The average Bonchev–Trinajstić information content (AvgIpc) is 2.64. The van der Waals surface area contributed by atoms with Gasteiger partial charge in [0, 0.05) is 29.1 Å². The van der Waals surface area contributed by atoms with Crippen molar-refractivity contribution in [1.29, 1.82) is 0 Å². The molecular formula is C19H17N3O5. The number of anilines is 2. The molecule has 0 aliphatic rings. The van der Waals surface area contributed by atoms with Crippen LogP contribution < -0.4 is 16.3 Å². The fourth-order valence-electron chi connectivity index (χ4n) is 2.76. The molecule has 138 valence electrons. The second kappa shape index (κ2) is 7.28. The Balaban J connectivity index is 2.06. The van der Waals surface area contributed by atoms with Gasteiger partial charge < -0.3 is 15.1 Å². The molecule has 3 aromatic rings. The third kappa shape index (κ3) is 3.50. The van der Waals surface area contributed by atoms with Crippen molar-refractivity contribution in [3.63, 3.8) is 0 Å². The van der Waals surface area contributed by atoms with Gasteiger partial charge in [0.2, 0.25) is 0 Å². The Morgan fingerprint density at radius 2 is 1.93 bits per heavy atom. The summed E-state index contributed by atoms with van der Waals surface area (Å²) in [5, 5.41) is 17.3. The highest BCUT2D eigenvalue weighted by molar-refractivity contribution is 6.08. The minimum Gasteiger partial charge on any atom is -0.421 e. The Hall–Kier alpha value is -3.68. The van der Waals surface area contributed by atoms with E-state index in [1.807, 2.05) is 6.92 Å². The topological polar surface area (TPSA) is 114 Å². The number of para-hydroxylation sites is 1. The maximum atomic E-state index is 12.6. The number of aryl methyl sites for hydroxylation is 1. The number of rotatable bonds is 5. The zero-order chi connectivity index (χ0) is 19.6. The van der Waals surface area contributed by atoms with Crippen molar-refractivity contribution < 1.29 is 14.1 Å². The van der Waals surface area contributed by atoms with Crippen molar-refractivity contribution >= 4 is 33.9 Å². The van der Waals surface area contributed by atoms with Crippen molar-refractivity contribution in [2.24, 2.45) is 0 Å². The van der Waals surface area contributed by atoms with Crippen LogP contribution in [0.15, 0.2) is 51.7 Å². The number of fused-ring (bicyclic) bond motifs is 1. The van der Waals surface area contributed by atoms with Gasteiger partial charge in [-0.2, -0.15) is 0 Å². The fourth-order valence-corrected chi connectivity index (χ4v) is 2.76. The highest BCUT2D eigenvalue weighted by Gasteiger charge is 2.19. The predicted octanol–water partition coefficient (Wildman–Crippen LogP) is 3.69. The number of hydrogen-bond acceptors (Lipinski definition) is 6. The summed E-state index contributed by atoms with van der Waals surface area (Å²) in [5.41, 5.74) is 0.433. The maximum Gasteiger partial charge on any atom is 0.362 e. The Morgan fingerprint density at radius 1 is 1.19 bits per heavy atom. The van der Waals surface area contributed by atoms with Crippen LogP contribution in [0.25, 0.3) is 11.0 Å². The molecule has 1 heterocycles. The summed E-state index contributed by atoms with van der Waals surface area (Å²) in [6.07, 6.45) is 0. The third-order valence-electron chi connectivity index (χ3n) is 4.07. The molecule has 0 bridgehead atoms. The number of carbonyl (C=O) groups excluding carboxylic acids is 1. The second-order valence-corrected chi connectivity index (χ2v) is 5.88. The zero-order valence-electron chi connectivity index (χ0n) is 14.7. The molecule has 27 heavy (non-hydrogen) atoms. The lowest BCUT2D eigenvalue weighted by atomic mass is 10.1. The Kier molecular flexibility index (Phi) is 4.89. The largest absolute Gasteiger partial charge is 0.421 e. The van der Waals surface area contributed by atoms with Crippen molar-refractivity contribution in [2.45, 2.75) is 13.8 Å². The van der Waals surface area contributed by atoms with Crippen molar-refractivity contribution in [3.05, 3.63) is 74.1 Å². The summed E-state index contributed by atoms with van der Waals surface area (Å²) in [5.74, 6) is -0.639. The number of hydrogen-bond donors (Lipinski definition) is 2. The van der Waals surface area contributed by atoms with Gasteiger partial charge in [0.05, 0.1) is 10.6 Å². The van der Waals surface area contributed by atoms with Crippen molar-refractivity contribution in [3.8, 4) is 0 Å². The number of nitro groups is 1. The molecule has 1 amide bonds. The van der Waals surface area contributed by atoms with Gasteiger partial charge in [-0.1, -0.05) is 18.2 Å². The van der Waals surface area contributed by atoms with E-state index in [9.17, 15) is 19.7 Å². The molecule has 2 N–H and O–H groups in total. The normalized spacial score (nSPS) is 10.6. The summed E-state index contributed by atoms with van der Waals surface area (Å²) in [6.45, 7) is 3.96. The smallest absolute Gasteiger partial charge is 0.362 e. The molecule has 0 aliphatic heterocycles. The molecule has 0 atom stereocenters. The molecule has 8 nitrogen and oxygen atoms in total. The van der Waals surface area contributed by atoms with Crippen LogP contribution in [0.4, 0.5) is 17.1 Å². The lowest BCUT2D eigenvalue weighted by Crippen LogP contribution is -2.20. The molecule has 0 aliphatic carbocycles. The van der Waals surface area contributed by atoms with Crippen molar-refractivity contribution in [1.82, 2.24) is 0 Å². The Morgan fingerprint density at radius 3 is 2.63 bits per heavy atom. The first-order valence-electron chi connectivity index (χ1n) is 8.28. The number of nitro benzene ring substituents is 1. The molecule has 0 spiro atoms. The molecule has 0 radical (unpaired) electrons. The zero-order valence-corrected chi connectivity index (χ0v) is 14.7. The van der Waals surface area contributed by atoms with E-state index in [4.69, 9.17) is 4.42 Å². The molecule has 2 aromatic carbocycles. The molecule has 1 aromatic heterocycles. The molecule has 0 saturated carbocycles. The SMILES string of the molecule is CCNc1c(NC(=O)c2ccc(C)c([N+](=O)[O-])c2)c(=O)oc2ccccc12. The fraction of sp³-hybridized carbons (Fsp3) is 0.158. The molecule has 8 heteroatoms. The van der Waals surface area contributed by atoms with Gasteiger partial charge in [-0.3, -0.25) is 14.9 Å². The van der Waals surface area contributed by atoms with Crippen LogP contribution in [0.5, 0.6) is 0 Å². The molecule has 0 fully saturated rings. The average molecular weight is 367 g/mol. The highest BCUT2D eigenvalue weighted by atomic mass is 16.6. The van der Waals surface area contributed by atoms with Crippen LogP contribution >= 0.6 is 0 Å². The van der Waals surface area contributed by atoms with E-state index in [0.29, 0.717) is 28.8 Å². The van der Waals surface area contributed by atoms with Crippen LogP contribution in [0.1, 0.15) is 22.8 Å². The quantitative estimate of drug-likeness (QED) is 0.404. The van der Waals surface area contributed by atoms with Crippen molar-refractivity contribution in [2.75, 3.05) is 17.2 Å². The minimum atomic E-state index is -0.709. The van der Waals surface area contributed by atoms with Crippen LogP contribution in [0.3, 0.4) is 0 Å². The monoisotopic (exact) mass is 367 g/mol. The maximum absolute atomic E-state index is 12.6. The minimum absolute atomic E-state index is 0.0382. The van der Waals surface area contributed by atoms with Gasteiger partial charge in [-0.25, -0.2) is 4.79 Å². The summed E-state index contributed by atoms with van der Waals surface area (Å²) >= 11 is 0. The van der Waals surface area contributed by atoms with Gasteiger partial charge >= 0.3 is 5.63 Å². The Labute approximate surface area is 154 Å². The van der Waals surface area contributed by atoms with Crippen LogP contribution in [-0.2, 0) is 0 Å². The Bertz CT molecular complexity index is 1100. The van der Waals surface area contributed by atoms with Gasteiger partial charge in [0.25, 0.3) is 11.6 Å². The van der Waals surface area contributed by atoms with Crippen LogP contribution in [0.2, 0.25) is 0 Å². The van der Waals surface area contributed by atoms with E-state index in [1.54, 1.807) is 31.2 Å². The van der Waals surface area contributed by atoms with E-state index in [2.05, 4.69) is 10.6 Å². The summed E-state index contributed by atoms with van der Waals surface area (Å²) in [7, 11) is 0. The van der Waals surface area contributed by atoms with Gasteiger partial charge in [-0.05, 0) is 32.0 Å². The second-order valence-electron chi connectivity index (χ2n) is 5.88. The van der Waals surface area contributed by atoms with Crippen LogP contribution in [0, 0.1) is 17.0 Å². The third-order valence-corrected chi connectivity index (χ3v) is 4.07. The van der Waals surface area contributed by atoms with Gasteiger partial charge in [0.1, 0.15) is 5.58 Å². The molecule has 0 unspecified atom stereocenters. The molecule has 3 rings (SSSR count). The van der Waals surface area contributed by atoms with Crippen LogP contribution in [-0.4, -0.2) is 17.4 Å². The first-order chi connectivity index (χ1) is 12.9. The van der Waals surface area contributed by atoms with E-state index in [0.717, 1.165) is 0 Å². The number of benzene rings is 2. The lowest BCUT2D eigenvalue weighted by Gasteiger charge is -2.13. The number of amides is 1. The standard InChI is InChI=1S/C19H17N3O5/c1-3-20-16-13-6-4-5-7-15(13)27-19(24)17(16)21-18(23)12-9-8-11(2)14(10-12)22(25)26/h4-10,20H,3H2,1-2H3,(H,21,23). The highest BCUT2D eigenvalue weighted by Crippen LogP contribution is 2.29. The number of nitrogens with zero attached hydrogens (tertiary/aromatic N) is 1. The summed E-state index contributed by atoms with van der Waals surface area (Å²) in [6, 6.07) is 11.1. The van der Waals surface area contributed by atoms with E-state index in [1.165, 1.54) is 18.2 Å². The first kappa shape index (κ1) is 18.1. The lowest BCUT2D eigenvalue weighted by molar-refractivity contribution is -0.385. The number of nitrogens with one attached hydrogen (secondary N) is 2. The molecular weight excluding hydrogens is 350 g/mol. The van der Waals surface area contributed by atoms with Gasteiger partial charge in [0.15, 0.2) is 5.69 Å². The number of carbonyl (C=O) groups is 1.